The van der Waals surface area contributed by atoms with E-state index in [1.54, 1.807) is 12.1 Å². The average Bonchev–Trinajstić information content (AvgIpc) is 2.39. The minimum atomic E-state index is -1.08. The summed E-state index contributed by atoms with van der Waals surface area (Å²) >= 11 is 5.82. The van der Waals surface area contributed by atoms with Crippen molar-refractivity contribution < 1.29 is 9.90 Å². The van der Waals surface area contributed by atoms with E-state index in [1.807, 2.05) is 7.05 Å². The summed E-state index contributed by atoms with van der Waals surface area (Å²) in [4.78, 5) is 17.2. The zero-order chi connectivity index (χ0) is 13.1. The number of halogens is 1. The van der Waals surface area contributed by atoms with Gasteiger partial charge in [0.25, 0.3) is 0 Å². The van der Waals surface area contributed by atoms with Crippen molar-refractivity contribution >= 4 is 23.4 Å². The van der Waals surface area contributed by atoms with Crippen molar-refractivity contribution in [1.82, 2.24) is 4.98 Å². The van der Waals surface area contributed by atoms with Crippen LogP contribution in [0.4, 0.5) is 5.82 Å². The van der Waals surface area contributed by atoms with E-state index in [2.05, 4.69) is 9.88 Å². The molecule has 1 aliphatic rings. The van der Waals surface area contributed by atoms with Crippen molar-refractivity contribution in [2.45, 2.75) is 38.1 Å². The van der Waals surface area contributed by atoms with E-state index in [0.29, 0.717) is 11.9 Å². The van der Waals surface area contributed by atoms with Crippen molar-refractivity contribution in [3.63, 3.8) is 0 Å². The molecule has 1 heterocycles. The number of hydrogen-bond acceptors (Lipinski definition) is 3. The molecule has 0 spiro atoms. The second kappa shape index (κ2) is 5.57. The number of pyridine rings is 1. The van der Waals surface area contributed by atoms with E-state index in [-0.39, 0.29) is 10.7 Å². The molecule has 5 heteroatoms. The first kappa shape index (κ1) is 13.1. The second-order valence-electron chi connectivity index (χ2n) is 4.71. The van der Waals surface area contributed by atoms with E-state index < -0.39 is 5.97 Å². The molecule has 1 aromatic heterocycles. The number of aromatic carboxylic acids is 1. The first-order valence-corrected chi connectivity index (χ1v) is 6.60. The third-order valence-electron chi connectivity index (χ3n) is 3.52. The summed E-state index contributed by atoms with van der Waals surface area (Å²) < 4.78 is 0. The lowest BCUT2D eigenvalue weighted by Gasteiger charge is -2.32. The first-order chi connectivity index (χ1) is 8.59. The number of anilines is 1. The fourth-order valence-electron chi connectivity index (χ4n) is 2.43. The van der Waals surface area contributed by atoms with Gasteiger partial charge >= 0.3 is 5.97 Å². The van der Waals surface area contributed by atoms with E-state index in [4.69, 9.17) is 16.7 Å². The van der Waals surface area contributed by atoms with Gasteiger partial charge in [-0.3, -0.25) is 0 Å². The second-order valence-corrected chi connectivity index (χ2v) is 5.11. The summed E-state index contributed by atoms with van der Waals surface area (Å²) in [6, 6.07) is 3.84. The van der Waals surface area contributed by atoms with Gasteiger partial charge in [-0.25, -0.2) is 9.78 Å². The van der Waals surface area contributed by atoms with Gasteiger partial charge in [0.05, 0.1) is 5.02 Å². The van der Waals surface area contributed by atoms with Crippen molar-refractivity contribution in [2.24, 2.45) is 0 Å². The summed E-state index contributed by atoms with van der Waals surface area (Å²) in [5.74, 6) is -0.400. The number of nitrogens with zero attached hydrogens (tertiary/aromatic N) is 2. The summed E-state index contributed by atoms with van der Waals surface area (Å²) in [6.45, 7) is 0. The topological polar surface area (TPSA) is 53.4 Å². The van der Waals surface area contributed by atoms with Gasteiger partial charge in [0.15, 0.2) is 5.69 Å². The maximum absolute atomic E-state index is 11.0. The maximum Gasteiger partial charge on any atom is 0.356 e. The Kier molecular flexibility index (Phi) is 4.07. The summed E-state index contributed by atoms with van der Waals surface area (Å²) in [7, 11) is 1.97. The molecule has 0 radical (unpaired) electrons. The number of carboxylic acids is 1. The number of rotatable bonds is 3. The molecule has 1 N–H and O–H groups in total. The molecule has 4 nitrogen and oxygen atoms in total. The van der Waals surface area contributed by atoms with Gasteiger partial charge in [0, 0.05) is 13.1 Å². The quantitative estimate of drug-likeness (QED) is 0.915. The Hall–Kier alpha value is -1.29. The Bertz CT molecular complexity index is 445. The van der Waals surface area contributed by atoms with E-state index >= 15 is 0 Å². The average molecular weight is 269 g/mol. The minimum absolute atomic E-state index is 0.0724. The van der Waals surface area contributed by atoms with Crippen LogP contribution in [-0.2, 0) is 0 Å². The van der Waals surface area contributed by atoms with E-state index in [9.17, 15) is 4.79 Å². The van der Waals surface area contributed by atoms with Crippen LogP contribution >= 0.6 is 11.6 Å². The first-order valence-electron chi connectivity index (χ1n) is 6.22. The third kappa shape index (κ3) is 2.75. The van der Waals surface area contributed by atoms with Gasteiger partial charge < -0.3 is 10.0 Å². The zero-order valence-electron chi connectivity index (χ0n) is 10.4. The highest BCUT2D eigenvalue weighted by Gasteiger charge is 2.20. The van der Waals surface area contributed by atoms with Crippen LogP contribution in [0.5, 0.6) is 0 Å². The summed E-state index contributed by atoms with van der Waals surface area (Å²) in [5, 5.41) is 9.20. The molecule has 2 rings (SSSR count). The van der Waals surface area contributed by atoms with Crippen LogP contribution in [0.2, 0.25) is 5.02 Å². The SMILES string of the molecule is CN(c1ccc(Cl)c(C(=O)O)n1)C1CCCCC1. The molecule has 0 aromatic carbocycles. The van der Waals surface area contributed by atoms with Gasteiger partial charge in [-0.2, -0.15) is 0 Å². The fourth-order valence-corrected chi connectivity index (χ4v) is 2.62. The largest absolute Gasteiger partial charge is 0.476 e. The smallest absolute Gasteiger partial charge is 0.356 e. The van der Waals surface area contributed by atoms with Crippen LogP contribution in [0.15, 0.2) is 12.1 Å². The predicted octanol–water partition coefficient (Wildman–Crippen LogP) is 3.20. The normalized spacial score (nSPS) is 16.6. The van der Waals surface area contributed by atoms with Crippen LogP contribution in [0, 0.1) is 0 Å². The number of aromatic nitrogens is 1. The molecule has 1 saturated carbocycles. The minimum Gasteiger partial charge on any atom is -0.476 e. The highest BCUT2D eigenvalue weighted by atomic mass is 35.5. The number of carbonyl (C=O) groups is 1. The van der Waals surface area contributed by atoms with E-state index in [1.165, 1.54) is 19.3 Å². The van der Waals surface area contributed by atoms with Crippen molar-refractivity contribution in [3.8, 4) is 0 Å². The molecular weight excluding hydrogens is 252 g/mol. The van der Waals surface area contributed by atoms with Crippen molar-refractivity contribution in [3.05, 3.63) is 22.8 Å². The molecule has 0 amide bonds. The van der Waals surface area contributed by atoms with Gasteiger partial charge in [-0.05, 0) is 25.0 Å². The highest BCUT2D eigenvalue weighted by Crippen LogP contribution is 2.26. The molecule has 98 valence electrons. The van der Waals surface area contributed by atoms with Crippen LogP contribution in [0.3, 0.4) is 0 Å². The summed E-state index contributed by atoms with van der Waals surface area (Å²) in [5.41, 5.74) is -0.0724. The molecular formula is C13H17ClN2O2. The number of hydrogen-bond donors (Lipinski definition) is 1. The van der Waals surface area contributed by atoms with Gasteiger partial charge in [0.2, 0.25) is 0 Å². The standard InChI is InChI=1S/C13H17ClN2O2/c1-16(9-5-3-2-4-6-9)11-8-7-10(14)12(15-11)13(17)18/h7-9H,2-6H2,1H3,(H,17,18). The molecule has 0 saturated heterocycles. The molecule has 0 atom stereocenters. The van der Waals surface area contributed by atoms with Crippen LogP contribution in [0.1, 0.15) is 42.6 Å². The lowest BCUT2D eigenvalue weighted by molar-refractivity contribution is 0.0691. The van der Waals surface area contributed by atoms with Crippen molar-refractivity contribution in [2.75, 3.05) is 11.9 Å². The Morgan fingerprint density at radius 1 is 1.39 bits per heavy atom. The van der Waals surface area contributed by atoms with Gasteiger partial charge in [0.1, 0.15) is 5.82 Å². The molecule has 0 aliphatic heterocycles. The predicted molar refractivity (Wildman–Crippen MR) is 71.5 cm³/mol. The Morgan fingerprint density at radius 3 is 2.67 bits per heavy atom. The molecule has 0 bridgehead atoms. The molecule has 1 aromatic rings. The van der Waals surface area contributed by atoms with Crippen LogP contribution < -0.4 is 4.90 Å². The monoisotopic (exact) mass is 268 g/mol. The Balaban J connectivity index is 2.21. The van der Waals surface area contributed by atoms with Crippen LogP contribution in [-0.4, -0.2) is 29.1 Å². The van der Waals surface area contributed by atoms with Crippen LogP contribution in [0.25, 0.3) is 0 Å². The van der Waals surface area contributed by atoms with Gasteiger partial charge in [-0.1, -0.05) is 30.9 Å². The zero-order valence-corrected chi connectivity index (χ0v) is 11.2. The highest BCUT2D eigenvalue weighted by molar-refractivity contribution is 6.33. The Labute approximate surface area is 112 Å². The Morgan fingerprint density at radius 2 is 2.06 bits per heavy atom. The molecule has 0 unspecified atom stereocenters. The molecule has 18 heavy (non-hydrogen) atoms. The summed E-state index contributed by atoms with van der Waals surface area (Å²) in [6.07, 6.45) is 6.04. The van der Waals surface area contributed by atoms with Gasteiger partial charge in [-0.15, -0.1) is 0 Å². The molecule has 1 aliphatic carbocycles. The third-order valence-corrected chi connectivity index (χ3v) is 3.82. The maximum atomic E-state index is 11.0. The van der Waals surface area contributed by atoms with Crippen molar-refractivity contribution in [1.29, 1.82) is 0 Å². The van der Waals surface area contributed by atoms with E-state index in [0.717, 1.165) is 12.8 Å². The lowest BCUT2D eigenvalue weighted by Crippen LogP contribution is -2.34. The lowest BCUT2D eigenvalue weighted by atomic mass is 9.94. The molecule has 1 fully saturated rings. The number of carboxylic acid groups (broad SMARTS) is 1. The fraction of sp³-hybridized carbons (Fsp3) is 0.538.